The van der Waals surface area contributed by atoms with E-state index in [0.29, 0.717) is 22.4 Å². The van der Waals surface area contributed by atoms with E-state index in [9.17, 15) is 22.8 Å². The normalized spacial score (nSPS) is 11.2. The molecular weight excluding hydrogens is 485 g/mol. The molecule has 0 unspecified atom stereocenters. The van der Waals surface area contributed by atoms with Gasteiger partial charge >= 0.3 is 6.18 Å². The topological polar surface area (TPSA) is 97.1 Å². The van der Waals surface area contributed by atoms with Gasteiger partial charge in [0.2, 0.25) is 11.7 Å². The fourth-order valence-electron chi connectivity index (χ4n) is 3.20. The number of carbonyl (C=O) groups is 2. The van der Waals surface area contributed by atoms with Crippen LogP contribution in [-0.4, -0.2) is 28.8 Å². The third-order valence-electron chi connectivity index (χ3n) is 4.88. The molecule has 4 aromatic rings. The molecule has 0 atom stereocenters. The number of anilines is 1. The molecule has 2 heterocycles. The Morgan fingerprint density at radius 2 is 1.74 bits per heavy atom. The van der Waals surface area contributed by atoms with E-state index < -0.39 is 23.5 Å². The Hall–Kier alpha value is -4.18. The minimum Gasteiger partial charge on any atom is -0.431 e. The van der Waals surface area contributed by atoms with Crippen LogP contribution in [-0.2, 0) is 6.18 Å². The predicted molar refractivity (Wildman–Crippen MR) is 123 cm³/mol. The van der Waals surface area contributed by atoms with Crippen LogP contribution in [0.4, 0.5) is 18.9 Å². The maximum atomic E-state index is 13.5. The molecule has 0 radical (unpaired) electrons. The summed E-state index contributed by atoms with van der Waals surface area (Å²) in [6.45, 7) is 0. The average molecular weight is 501 g/mol. The fraction of sp³-hybridized carbons (Fsp3) is 0.0833. The van der Waals surface area contributed by atoms with Crippen molar-refractivity contribution in [2.24, 2.45) is 0 Å². The van der Waals surface area contributed by atoms with Crippen LogP contribution in [0.15, 0.2) is 71.3 Å². The van der Waals surface area contributed by atoms with Crippen LogP contribution in [0.3, 0.4) is 0 Å². The van der Waals surface area contributed by atoms with E-state index in [4.69, 9.17) is 16.0 Å². The highest BCUT2D eigenvalue weighted by Crippen LogP contribution is 2.35. The summed E-state index contributed by atoms with van der Waals surface area (Å²) in [6.07, 6.45) is -3.66. The van der Waals surface area contributed by atoms with Gasteiger partial charge in [-0.05, 0) is 36.4 Å². The molecule has 0 aliphatic heterocycles. The summed E-state index contributed by atoms with van der Waals surface area (Å²) in [4.78, 5) is 32.4. The highest BCUT2D eigenvalue weighted by molar-refractivity contribution is 6.33. The summed E-state index contributed by atoms with van der Waals surface area (Å²) < 4.78 is 45.4. The number of benzene rings is 2. The van der Waals surface area contributed by atoms with Gasteiger partial charge in [-0.3, -0.25) is 14.6 Å². The SMILES string of the molecule is CNC(=O)c1ccc(-c2ccc(NC(=O)c3nc(-c4ccccc4)oc3C(F)(F)F)cn2)c(Cl)c1. The van der Waals surface area contributed by atoms with Crippen LogP contribution >= 0.6 is 11.6 Å². The van der Waals surface area contributed by atoms with Gasteiger partial charge in [-0.25, -0.2) is 4.98 Å². The summed E-state index contributed by atoms with van der Waals surface area (Å²) in [5.41, 5.74) is 0.860. The largest absolute Gasteiger partial charge is 0.452 e. The summed E-state index contributed by atoms with van der Waals surface area (Å²) in [5.74, 6) is -3.23. The number of hydrogen-bond acceptors (Lipinski definition) is 5. The zero-order valence-electron chi connectivity index (χ0n) is 18.0. The van der Waals surface area contributed by atoms with Crippen molar-refractivity contribution in [2.45, 2.75) is 6.18 Å². The summed E-state index contributed by atoms with van der Waals surface area (Å²) in [6, 6.07) is 15.6. The number of amides is 2. The van der Waals surface area contributed by atoms with E-state index in [1.54, 1.807) is 30.3 Å². The van der Waals surface area contributed by atoms with Crippen LogP contribution in [0.2, 0.25) is 5.02 Å². The highest BCUT2D eigenvalue weighted by atomic mass is 35.5. The van der Waals surface area contributed by atoms with Crippen LogP contribution in [0.1, 0.15) is 26.6 Å². The number of rotatable bonds is 5. The zero-order valence-corrected chi connectivity index (χ0v) is 18.7. The Morgan fingerprint density at radius 3 is 2.34 bits per heavy atom. The first kappa shape index (κ1) is 24.0. The average Bonchev–Trinajstić information content (AvgIpc) is 3.31. The number of aromatic nitrogens is 2. The lowest BCUT2D eigenvalue weighted by molar-refractivity contribution is -0.153. The number of hydrogen-bond donors (Lipinski definition) is 2. The maximum absolute atomic E-state index is 13.5. The molecule has 11 heteroatoms. The van der Waals surface area contributed by atoms with E-state index in [-0.39, 0.29) is 22.5 Å². The molecule has 0 aliphatic carbocycles. The summed E-state index contributed by atoms with van der Waals surface area (Å²) >= 11 is 6.27. The van der Waals surface area contributed by atoms with Crippen LogP contribution in [0.25, 0.3) is 22.7 Å². The van der Waals surface area contributed by atoms with E-state index >= 15 is 0 Å². The van der Waals surface area contributed by atoms with Crippen molar-refractivity contribution >= 4 is 29.1 Å². The van der Waals surface area contributed by atoms with Gasteiger partial charge in [0.25, 0.3) is 11.8 Å². The molecule has 4 rings (SSSR count). The van der Waals surface area contributed by atoms with Gasteiger partial charge in [0.1, 0.15) is 0 Å². The zero-order chi connectivity index (χ0) is 25.2. The van der Waals surface area contributed by atoms with Gasteiger partial charge in [-0.15, -0.1) is 0 Å². The molecule has 2 aromatic carbocycles. The molecule has 178 valence electrons. The lowest BCUT2D eigenvalue weighted by atomic mass is 10.1. The maximum Gasteiger partial charge on any atom is 0.452 e. The molecule has 2 amide bonds. The van der Waals surface area contributed by atoms with Crippen molar-refractivity contribution < 1.29 is 27.2 Å². The molecule has 0 spiro atoms. The van der Waals surface area contributed by atoms with Crippen molar-refractivity contribution in [1.82, 2.24) is 15.3 Å². The van der Waals surface area contributed by atoms with Gasteiger partial charge in [0.15, 0.2) is 5.69 Å². The number of halogens is 4. The molecule has 0 aliphatic rings. The molecule has 2 aromatic heterocycles. The fourth-order valence-corrected chi connectivity index (χ4v) is 3.47. The highest BCUT2D eigenvalue weighted by Gasteiger charge is 2.42. The Kier molecular flexibility index (Phi) is 6.57. The van der Waals surface area contributed by atoms with E-state index in [0.717, 1.165) is 0 Å². The van der Waals surface area contributed by atoms with Gasteiger partial charge in [-0.2, -0.15) is 13.2 Å². The summed E-state index contributed by atoms with van der Waals surface area (Å²) in [5, 5.41) is 5.12. The molecule has 7 nitrogen and oxygen atoms in total. The van der Waals surface area contributed by atoms with Gasteiger partial charge in [0.05, 0.1) is 22.6 Å². The Morgan fingerprint density at radius 1 is 1.00 bits per heavy atom. The molecule has 35 heavy (non-hydrogen) atoms. The van der Waals surface area contributed by atoms with Crippen molar-refractivity contribution in [2.75, 3.05) is 12.4 Å². The second-order valence-electron chi connectivity index (χ2n) is 7.22. The molecule has 0 bridgehead atoms. The second-order valence-corrected chi connectivity index (χ2v) is 7.63. The lowest BCUT2D eigenvalue weighted by Crippen LogP contribution is -2.18. The minimum atomic E-state index is -4.92. The van der Waals surface area contributed by atoms with Crippen molar-refractivity contribution in [1.29, 1.82) is 0 Å². The Bertz CT molecular complexity index is 1390. The standard InChI is InChI=1S/C24H16ClF3N4O3/c1-29-21(33)14-7-9-16(17(25)11-14)18-10-8-15(12-30-18)31-22(34)19-20(24(26,27)28)35-23(32-19)13-5-3-2-4-6-13/h2-12H,1H3,(H,29,33)(H,31,34). The van der Waals surface area contributed by atoms with Crippen LogP contribution in [0, 0.1) is 0 Å². The van der Waals surface area contributed by atoms with E-state index in [1.165, 1.54) is 43.6 Å². The third kappa shape index (κ3) is 5.17. The monoisotopic (exact) mass is 500 g/mol. The molecular formula is C24H16ClF3N4O3. The predicted octanol–water partition coefficient (Wildman–Crippen LogP) is 5.69. The number of pyridine rings is 1. The van der Waals surface area contributed by atoms with Crippen molar-refractivity contribution in [3.8, 4) is 22.7 Å². The number of nitrogens with one attached hydrogen (secondary N) is 2. The van der Waals surface area contributed by atoms with Crippen LogP contribution in [0.5, 0.6) is 0 Å². The molecule has 0 fully saturated rings. The number of carbonyl (C=O) groups excluding carboxylic acids is 2. The second kappa shape index (κ2) is 9.59. The van der Waals surface area contributed by atoms with Crippen molar-refractivity contribution in [3.05, 3.63) is 88.9 Å². The van der Waals surface area contributed by atoms with Crippen molar-refractivity contribution in [3.63, 3.8) is 0 Å². The first-order valence-corrected chi connectivity index (χ1v) is 10.5. The number of alkyl halides is 3. The lowest BCUT2D eigenvalue weighted by Gasteiger charge is -2.08. The molecule has 2 N–H and O–H groups in total. The van der Waals surface area contributed by atoms with E-state index in [1.807, 2.05) is 0 Å². The number of oxazole rings is 1. The van der Waals surface area contributed by atoms with Gasteiger partial charge in [0, 0.05) is 23.7 Å². The molecule has 0 saturated heterocycles. The first-order chi connectivity index (χ1) is 16.7. The van der Waals surface area contributed by atoms with Gasteiger partial charge < -0.3 is 15.1 Å². The Labute approximate surface area is 202 Å². The Balaban J connectivity index is 1.57. The quantitative estimate of drug-likeness (QED) is 0.367. The minimum absolute atomic E-state index is 0.134. The van der Waals surface area contributed by atoms with Gasteiger partial charge in [-0.1, -0.05) is 35.9 Å². The number of nitrogens with zero attached hydrogens (tertiary/aromatic N) is 2. The molecule has 0 saturated carbocycles. The van der Waals surface area contributed by atoms with Crippen LogP contribution < -0.4 is 10.6 Å². The van der Waals surface area contributed by atoms with E-state index in [2.05, 4.69) is 20.6 Å². The third-order valence-corrected chi connectivity index (χ3v) is 5.19. The smallest absolute Gasteiger partial charge is 0.431 e. The first-order valence-electron chi connectivity index (χ1n) is 10.1. The summed E-state index contributed by atoms with van der Waals surface area (Å²) in [7, 11) is 1.50.